The predicted octanol–water partition coefficient (Wildman–Crippen LogP) is 2.79. The van der Waals surface area contributed by atoms with Crippen molar-refractivity contribution < 1.29 is 70.6 Å². The van der Waals surface area contributed by atoms with Crippen LogP contribution in [0.2, 0.25) is 0 Å². The monoisotopic (exact) mass is 575 g/mol. The average molecular weight is 575 g/mol. The number of carbonyl (C=O) groups is 2. The van der Waals surface area contributed by atoms with Crippen LogP contribution in [0.4, 0.5) is 36.8 Å². The number of Topliss-reactive ketones (excluding diaryl/α,β-unsaturated/α-hetero) is 1. The Hall–Kier alpha value is -2.85. The summed E-state index contributed by atoms with van der Waals surface area (Å²) in [6, 6.07) is 9.19. The third-order valence-corrected chi connectivity index (χ3v) is 5.78. The van der Waals surface area contributed by atoms with E-state index in [1.165, 1.54) is 24.3 Å². The average Bonchev–Trinajstić information content (AvgIpc) is 2.81. The van der Waals surface area contributed by atoms with Crippen LogP contribution in [0.5, 0.6) is 0 Å². The molecule has 2 aliphatic rings. The largest absolute Gasteiger partial charge is 1.00 e. The number of urea groups is 1. The first kappa shape index (κ1) is 33.4. The molecule has 208 valence electrons. The molecule has 0 spiro atoms. The minimum atomic E-state index is -4.75. The molecule has 0 saturated carbocycles. The quantitative estimate of drug-likeness (QED) is 0.440. The number of nitriles is 1. The van der Waals surface area contributed by atoms with Crippen molar-refractivity contribution in [3.8, 4) is 6.07 Å². The summed E-state index contributed by atoms with van der Waals surface area (Å²) in [5.41, 5.74) is -1.93. The number of ketones is 1. The van der Waals surface area contributed by atoms with Crippen molar-refractivity contribution in [3.63, 3.8) is 0 Å². The minimum Gasteiger partial charge on any atom is -0.850 e. The third-order valence-electron chi connectivity index (χ3n) is 5.78. The van der Waals surface area contributed by atoms with Crippen LogP contribution in [-0.4, -0.2) is 23.6 Å². The molecule has 13 heteroatoms. The van der Waals surface area contributed by atoms with Crippen molar-refractivity contribution in [1.82, 2.24) is 5.32 Å². The van der Waals surface area contributed by atoms with Gasteiger partial charge >= 0.3 is 47.9 Å². The second-order valence-electron chi connectivity index (χ2n) is 10.0. The maximum absolute atomic E-state index is 13.6. The molecule has 2 aromatic carbocycles. The summed E-state index contributed by atoms with van der Waals surface area (Å²) in [5, 5.41) is 21.6. The number of benzene rings is 2. The SMILES string of the molecule is CC(C)(C)[O-].N#Cc1ccc(C2NC(=O)N(c3cccc(C(F)(F)F)c3)C3=C2C(=O)CC(C(F)(F)F)C3)cc1.[Na+]. The van der Waals surface area contributed by atoms with Crippen LogP contribution in [0.1, 0.15) is 56.3 Å². The van der Waals surface area contributed by atoms with Crippen molar-refractivity contribution >= 4 is 17.5 Å². The first-order chi connectivity index (χ1) is 17.9. The van der Waals surface area contributed by atoms with E-state index in [4.69, 9.17) is 5.26 Å². The number of hydrogen-bond acceptors (Lipinski definition) is 4. The molecule has 4 rings (SSSR count). The van der Waals surface area contributed by atoms with Gasteiger partial charge in [-0.1, -0.05) is 39.0 Å². The Bertz CT molecular complexity index is 1320. The molecule has 0 bridgehead atoms. The summed E-state index contributed by atoms with van der Waals surface area (Å²) in [5.74, 6) is -2.95. The fourth-order valence-corrected chi connectivity index (χ4v) is 4.16. The van der Waals surface area contributed by atoms with Gasteiger partial charge in [0.25, 0.3) is 0 Å². The van der Waals surface area contributed by atoms with Crippen molar-refractivity contribution in [2.75, 3.05) is 4.90 Å². The van der Waals surface area contributed by atoms with E-state index in [1.807, 2.05) is 6.07 Å². The second kappa shape index (κ2) is 12.3. The van der Waals surface area contributed by atoms with Crippen LogP contribution in [-0.2, 0) is 11.0 Å². The van der Waals surface area contributed by atoms with Gasteiger partial charge in [0.05, 0.1) is 34.8 Å². The fourth-order valence-electron chi connectivity index (χ4n) is 4.16. The van der Waals surface area contributed by atoms with Gasteiger partial charge in [0.2, 0.25) is 0 Å². The number of amides is 2. The van der Waals surface area contributed by atoms with E-state index in [2.05, 4.69) is 5.32 Å². The molecule has 2 aromatic rings. The van der Waals surface area contributed by atoms with Crippen LogP contribution in [0.25, 0.3) is 0 Å². The molecular formula is C27H24F6N3NaO3. The van der Waals surface area contributed by atoms with Crippen LogP contribution in [0.3, 0.4) is 0 Å². The Kier molecular flexibility index (Phi) is 10.3. The van der Waals surface area contributed by atoms with Gasteiger partial charge in [0.15, 0.2) is 5.78 Å². The Morgan fingerprint density at radius 1 is 0.975 bits per heavy atom. The van der Waals surface area contributed by atoms with E-state index in [1.54, 1.807) is 20.8 Å². The molecule has 6 nitrogen and oxygen atoms in total. The summed E-state index contributed by atoms with van der Waals surface area (Å²) < 4.78 is 80.4. The van der Waals surface area contributed by atoms with Gasteiger partial charge in [-0.3, -0.25) is 9.69 Å². The van der Waals surface area contributed by atoms with E-state index >= 15 is 0 Å². The zero-order valence-electron chi connectivity index (χ0n) is 22.1. The van der Waals surface area contributed by atoms with Crippen LogP contribution in [0.15, 0.2) is 59.8 Å². The normalized spacial score (nSPS) is 19.5. The molecule has 1 N–H and O–H groups in total. The summed E-state index contributed by atoms with van der Waals surface area (Å²) in [7, 11) is 0. The van der Waals surface area contributed by atoms with Gasteiger partial charge in [-0.15, -0.1) is 5.60 Å². The Balaban J connectivity index is 0.000000858. The summed E-state index contributed by atoms with van der Waals surface area (Å²) in [4.78, 5) is 26.7. The van der Waals surface area contributed by atoms with Crippen LogP contribution >= 0.6 is 0 Å². The number of allylic oxidation sites excluding steroid dienone is 1. The first-order valence-corrected chi connectivity index (χ1v) is 11.7. The Labute approximate surface area is 248 Å². The van der Waals surface area contributed by atoms with E-state index in [-0.39, 0.29) is 52.1 Å². The first-order valence-electron chi connectivity index (χ1n) is 11.7. The van der Waals surface area contributed by atoms with Gasteiger partial charge in [-0.05, 0) is 35.9 Å². The van der Waals surface area contributed by atoms with Gasteiger partial charge in [0.1, 0.15) is 0 Å². The minimum absolute atomic E-state index is 0. The predicted molar refractivity (Wildman–Crippen MR) is 127 cm³/mol. The summed E-state index contributed by atoms with van der Waals surface area (Å²) in [6.07, 6.45) is -11.1. The molecular weight excluding hydrogens is 551 g/mol. The van der Waals surface area contributed by atoms with E-state index in [9.17, 15) is 41.0 Å². The van der Waals surface area contributed by atoms with Gasteiger partial charge in [0, 0.05) is 24.1 Å². The number of rotatable bonds is 2. The molecule has 0 radical (unpaired) electrons. The number of carbonyl (C=O) groups excluding carboxylic acids is 2. The molecule has 0 aromatic heterocycles. The van der Waals surface area contributed by atoms with Crippen LogP contribution in [0, 0.1) is 17.2 Å². The van der Waals surface area contributed by atoms with Gasteiger partial charge < -0.3 is 10.4 Å². The van der Waals surface area contributed by atoms with E-state index < -0.39 is 60.1 Å². The second-order valence-corrected chi connectivity index (χ2v) is 10.0. The fraction of sp³-hybridized carbons (Fsp3) is 0.370. The third kappa shape index (κ3) is 8.10. The van der Waals surface area contributed by atoms with Crippen molar-refractivity contribution in [2.24, 2.45) is 5.92 Å². The summed E-state index contributed by atoms with van der Waals surface area (Å²) in [6.45, 7) is 4.90. The number of anilines is 1. The molecule has 2 atom stereocenters. The molecule has 2 amide bonds. The zero-order chi connectivity index (χ0) is 29.3. The smallest absolute Gasteiger partial charge is 0.850 e. The molecule has 0 fully saturated rings. The zero-order valence-corrected chi connectivity index (χ0v) is 24.1. The van der Waals surface area contributed by atoms with Crippen molar-refractivity contribution in [3.05, 3.63) is 76.5 Å². The number of hydrogen-bond donors (Lipinski definition) is 1. The number of nitrogens with zero attached hydrogens (tertiary/aromatic N) is 2. The Morgan fingerprint density at radius 3 is 2.05 bits per heavy atom. The summed E-state index contributed by atoms with van der Waals surface area (Å²) >= 11 is 0. The number of alkyl halides is 6. The number of halogens is 6. The molecule has 2 unspecified atom stereocenters. The molecule has 1 aliphatic heterocycles. The Morgan fingerprint density at radius 2 is 1.55 bits per heavy atom. The molecule has 1 heterocycles. The van der Waals surface area contributed by atoms with Crippen molar-refractivity contribution in [2.45, 2.75) is 57.6 Å². The molecule has 1 aliphatic carbocycles. The van der Waals surface area contributed by atoms with E-state index in [0.717, 1.165) is 18.2 Å². The maximum atomic E-state index is 13.6. The van der Waals surface area contributed by atoms with Crippen molar-refractivity contribution in [1.29, 1.82) is 5.26 Å². The standard InChI is InChI=1S/C23H15F6N3O2.C4H9O.Na/c24-22(25,26)14-2-1-3-16(8-14)32-17-9-15(23(27,28)29)10-18(33)19(17)20(31-21(32)34)13-6-4-12(11-30)5-7-13;1-4(2,3)5;/h1-8,15,20H,9-10H2,(H,31,34);1-3H3;/q;-1;+1. The molecule has 0 saturated heterocycles. The van der Waals surface area contributed by atoms with Crippen LogP contribution < -0.4 is 44.9 Å². The van der Waals surface area contributed by atoms with E-state index in [0.29, 0.717) is 16.5 Å². The topological polar surface area (TPSA) is 96.3 Å². The maximum Gasteiger partial charge on any atom is 1.00 e. The van der Waals surface area contributed by atoms with Gasteiger partial charge in [-0.25, -0.2) is 4.79 Å². The molecule has 40 heavy (non-hydrogen) atoms. The number of nitrogens with one attached hydrogen (secondary N) is 1. The van der Waals surface area contributed by atoms with Gasteiger partial charge in [-0.2, -0.15) is 31.6 Å².